The van der Waals surface area contributed by atoms with E-state index in [2.05, 4.69) is 15.4 Å². The van der Waals surface area contributed by atoms with Crippen LogP contribution in [0.5, 0.6) is 0 Å². The van der Waals surface area contributed by atoms with Crippen molar-refractivity contribution in [1.82, 2.24) is 20.1 Å². The number of hydrogen-bond acceptors (Lipinski definition) is 4. The summed E-state index contributed by atoms with van der Waals surface area (Å²) in [7, 11) is 3.33. The topological polar surface area (TPSA) is 52.0 Å². The van der Waals surface area contributed by atoms with Crippen molar-refractivity contribution in [2.45, 2.75) is 12.6 Å². The fraction of sp³-hybridized carbons (Fsp3) is 0.385. The minimum atomic E-state index is -0.469. The second-order valence-corrected chi connectivity index (χ2v) is 4.59. The number of aromatic nitrogens is 3. The fourth-order valence-electron chi connectivity index (χ4n) is 2.03. The van der Waals surface area contributed by atoms with Crippen LogP contribution in [0.2, 0.25) is 5.02 Å². The van der Waals surface area contributed by atoms with E-state index in [4.69, 9.17) is 16.3 Å². The van der Waals surface area contributed by atoms with E-state index in [1.807, 2.05) is 0 Å². The van der Waals surface area contributed by atoms with E-state index in [0.29, 0.717) is 23.9 Å². The van der Waals surface area contributed by atoms with Crippen molar-refractivity contribution >= 4 is 11.6 Å². The summed E-state index contributed by atoms with van der Waals surface area (Å²) in [4.78, 5) is 4.10. The van der Waals surface area contributed by atoms with Crippen molar-refractivity contribution in [2.75, 3.05) is 20.8 Å². The first kappa shape index (κ1) is 14.9. The lowest BCUT2D eigenvalue weighted by Gasteiger charge is -2.18. The number of rotatable bonds is 6. The Hall–Kier alpha value is -1.50. The predicted molar refractivity (Wildman–Crippen MR) is 74.2 cm³/mol. The Morgan fingerprint density at radius 3 is 3.00 bits per heavy atom. The van der Waals surface area contributed by atoms with Crippen LogP contribution in [-0.2, 0) is 11.3 Å². The number of nitrogens with one attached hydrogen (secondary N) is 1. The molecule has 1 N–H and O–H groups in total. The summed E-state index contributed by atoms with van der Waals surface area (Å²) in [5, 5.41) is 7.69. The third-order valence-corrected chi connectivity index (χ3v) is 3.25. The van der Waals surface area contributed by atoms with Crippen LogP contribution in [0.15, 0.2) is 24.5 Å². The molecule has 7 heteroatoms. The molecule has 0 saturated carbocycles. The van der Waals surface area contributed by atoms with Gasteiger partial charge in [-0.25, -0.2) is 4.39 Å². The molecule has 2 rings (SSSR count). The first-order chi connectivity index (χ1) is 9.69. The molecule has 20 heavy (non-hydrogen) atoms. The number of hydrogen-bond donors (Lipinski definition) is 1. The van der Waals surface area contributed by atoms with Crippen LogP contribution in [0.25, 0.3) is 0 Å². The summed E-state index contributed by atoms with van der Waals surface area (Å²) in [6, 6.07) is 2.45. The van der Waals surface area contributed by atoms with Gasteiger partial charge in [0.25, 0.3) is 0 Å². The number of pyridine rings is 1. The first-order valence-electron chi connectivity index (χ1n) is 6.16. The van der Waals surface area contributed by atoms with Crippen LogP contribution in [0.1, 0.15) is 17.4 Å². The second-order valence-electron chi connectivity index (χ2n) is 4.19. The molecule has 0 amide bonds. The first-order valence-corrected chi connectivity index (χ1v) is 6.54. The van der Waals surface area contributed by atoms with Crippen molar-refractivity contribution in [3.05, 3.63) is 46.8 Å². The molecular weight excluding hydrogens is 283 g/mol. The molecular formula is C13H16ClFN4O. The Kier molecular flexibility index (Phi) is 5.05. The van der Waals surface area contributed by atoms with Crippen molar-refractivity contribution in [2.24, 2.45) is 0 Å². The molecule has 2 aromatic rings. The van der Waals surface area contributed by atoms with Gasteiger partial charge in [0.1, 0.15) is 5.82 Å². The lowest BCUT2D eigenvalue weighted by atomic mass is 10.1. The Bertz CT molecular complexity index is 575. The third kappa shape index (κ3) is 2.98. The smallest absolute Gasteiger partial charge is 0.146 e. The largest absolute Gasteiger partial charge is 0.383 e. The monoisotopic (exact) mass is 298 g/mol. The molecule has 0 aliphatic heterocycles. The van der Waals surface area contributed by atoms with Gasteiger partial charge >= 0.3 is 0 Å². The molecule has 5 nitrogen and oxygen atoms in total. The molecule has 0 aliphatic rings. The molecule has 2 aromatic heterocycles. The summed E-state index contributed by atoms with van der Waals surface area (Å²) in [5.74, 6) is -0.387. The normalized spacial score (nSPS) is 12.6. The highest BCUT2D eigenvalue weighted by Gasteiger charge is 2.24. The van der Waals surface area contributed by atoms with Gasteiger partial charge in [0, 0.05) is 13.3 Å². The van der Waals surface area contributed by atoms with Crippen molar-refractivity contribution < 1.29 is 9.13 Å². The standard InChI is InChI=1S/C13H16ClFN4O/c1-16-12(11-10(15)4-3-5-17-11)13-9(14)8-18-19(13)6-7-20-2/h3-5,8,12,16H,6-7H2,1-2H3. The second kappa shape index (κ2) is 6.78. The molecule has 2 heterocycles. The Labute approximate surface area is 121 Å². The minimum Gasteiger partial charge on any atom is -0.383 e. The number of methoxy groups -OCH3 is 1. The third-order valence-electron chi connectivity index (χ3n) is 2.96. The summed E-state index contributed by atoms with van der Waals surface area (Å²) in [6.45, 7) is 1.03. The van der Waals surface area contributed by atoms with Gasteiger partial charge in [-0.3, -0.25) is 9.67 Å². The maximum absolute atomic E-state index is 13.9. The van der Waals surface area contributed by atoms with Crippen LogP contribution in [0.3, 0.4) is 0 Å². The van der Waals surface area contributed by atoms with E-state index in [1.54, 1.807) is 31.1 Å². The lowest BCUT2D eigenvalue weighted by Crippen LogP contribution is -2.24. The van der Waals surface area contributed by atoms with Gasteiger partial charge < -0.3 is 10.1 Å². The van der Waals surface area contributed by atoms with Gasteiger partial charge in [-0.1, -0.05) is 11.6 Å². The highest BCUT2D eigenvalue weighted by Crippen LogP contribution is 2.28. The van der Waals surface area contributed by atoms with Gasteiger partial charge in [0.05, 0.1) is 41.8 Å². The van der Waals surface area contributed by atoms with Crippen molar-refractivity contribution in [3.8, 4) is 0 Å². The fourth-order valence-corrected chi connectivity index (χ4v) is 2.28. The molecule has 0 bridgehead atoms. The zero-order chi connectivity index (χ0) is 14.5. The molecule has 108 valence electrons. The van der Waals surface area contributed by atoms with Crippen LogP contribution < -0.4 is 5.32 Å². The Balaban J connectivity index is 2.42. The molecule has 0 saturated heterocycles. The summed E-state index contributed by atoms with van der Waals surface area (Å²) in [5.41, 5.74) is 0.958. The maximum atomic E-state index is 13.9. The molecule has 1 unspecified atom stereocenters. The van der Waals surface area contributed by atoms with Gasteiger partial charge in [0.15, 0.2) is 0 Å². The van der Waals surface area contributed by atoms with Crippen LogP contribution in [-0.4, -0.2) is 35.5 Å². The quantitative estimate of drug-likeness (QED) is 0.886. The molecule has 1 atom stereocenters. The molecule has 0 fully saturated rings. The zero-order valence-electron chi connectivity index (χ0n) is 11.3. The van der Waals surface area contributed by atoms with E-state index >= 15 is 0 Å². The van der Waals surface area contributed by atoms with Gasteiger partial charge in [-0.05, 0) is 19.2 Å². The molecule has 0 aromatic carbocycles. The summed E-state index contributed by atoms with van der Waals surface area (Å²) >= 11 is 6.19. The Morgan fingerprint density at radius 1 is 1.55 bits per heavy atom. The SMILES string of the molecule is CNC(c1ncccc1F)c1c(Cl)cnn1CCOC. The van der Waals surface area contributed by atoms with E-state index in [0.717, 1.165) is 0 Å². The van der Waals surface area contributed by atoms with Crippen LogP contribution in [0.4, 0.5) is 4.39 Å². The van der Waals surface area contributed by atoms with E-state index in [9.17, 15) is 4.39 Å². The van der Waals surface area contributed by atoms with Crippen molar-refractivity contribution in [1.29, 1.82) is 0 Å². The average Bonchev–Trinajstić information content (AvgIpc) is 2.81. The molecule has 0 aliphatic carbocycles. The van der Waals surface area contributed by atoms with Crippen LogP contribution in [0, 0.1) is 5.82 Å². The predicted octanol–water partition coefficient (Wildman–Crippen LogP) is 2.03. The number of ether oxygens (including phenoxy) is 1. The van der Waals surface area contributed by atoms with E-state index < -0.39 is 6.04 Å². The summed E-state index contributed by atoms with van der Waals surface area (Å²) in [6.07, 6.45) is 3.09. The maximum Gasteiger partial charge on any atom is 0.146 e. The highest BCUT2D eigenvalue weighted by molar-refractivity contribution is 6.31. The number of halogens is 2. The van der Waals surface area contributed by atoms with Crippen molar-refractivity contribution in [3.63, 3.8) is 0 Å². The van der Waals surface area contributed by atoms with Crippen LogP contribution >= 0.6 is 11.6 Å². The highest BCUT2D eigenvalue weighted by atomic mass is 35.5. The molecule has 0 spiro atoms. The van der Waals surface area contributed by atoms with E-state index in [-0.39, 0.29) is 11.5 Å². The lowest BCUT2D eigenvalue weighted by molar-refractivity contribution is 0.182. The molecule has 0 radical (unpaired) electrons. The number of nitrogens with zero attached hydrogens (tertiary/aromatic N) is 3. The van der Waals surface area contributed by atoms with Gasteiger partial charge in [-0.2, -0.15) is 5.10 Å². The van der Waals surface area contributed by atoms with Gasteiger partial charge in [-0.15, -0.1) is 0 Å². The summed E-state index contributed by atoms with van der Waals surface area (Å²) < 4.78 is 20.7. The zero-order valence-corrected chi connectivity index (χ0v) is 12.1. The van der Waals surface area contributed by atoms with E-state index in [1.165, 1.54) is 12.3 Å². The van der Waals surface area contributed by atoms with Gasteiger partial charge in [0.2, 0.25) is 0 Å². The average molecular weight is 299 g/mol. The minimum absolute atomic E-state index is 0.288. The Morgan fingerprint density at radius 2 is 2.35 bits per heavy atom.